The van der Waals surface area contributed by atoms with Crippen molar-refractivity contribution in [1.29, 1.82) is 0 Å². The zero-order valence-corrected chi connectivity index (χ0v) is 14.9. The largest absolute Gasteiger partial charge is 0.508 e. The molecule has 0 aliphatic carbocycles. The third-order valence-corrected chi connectivity index (χ3v) is 5.69. The quantitative estimate of drug-likeness (QED) is 0.862. The Morgan fingerprint density at radius 2 is 2.08 bits per heavy atom. The number of carbonyl (C=O) groups is 1. The minimum Gasteiger partial charge on any atom is -0.508 e. The summed E-state index contributed by atoms with van der Waals surface area (Å²) in [7, 11) is 0. The Hall–Kier alpha value is -2.13. The molecule has 3 rings (SSSR count). The lowest BCUT2D eigenvalue weighted by Gasteiger charge is -2.21. The Labute approximate surface area is 147 Å². The molecule has 1 aromatic carbocycles. The SMILES string of the molecule is CCC1=NN(C(=O)Nc2nnc(CC)s2)C(c2ccccc2O)S1. The molecule has 2 aromatic rings. The average molecular weight is 363 g/mol. The first kappa shape index (κ1) is 16.7. The van der Waals surface area contributed by atoms with E-state index in [9.17, 15) is 9.90 Å². The smallest absolute Gasteiger partial charge is 0.345 e. The van der Waals surface area contributed by atoms with Crippen LogP contribution in [-0.2, 0) is 6.42 Å². The molecular formula is C15H17N5O2S2. The number of carbonyl (C=O) groups excluding carboxylic acids is 1. The number of amides is 2. The number of nitrogens with zero attached hydrogens (tertiary/aromatic N) is 4. The lowest BCUT2D eigenvalue weighted by molar-refractivity contribution is 0.211. The summed E-state index contributed by atoms with van der Waals surface area (Å²) in [6, 6.07) is 6.58. The molecule has 0 bridgehead atoms. The monoisotopic (exact) mass is 363 g/mol. The third kappa shape index (κ3) is 3.36. The summed E-state index contributed by atoms with van der Waals surface area (Å²) in [5.74, 6) is 0.143. The summed E-state index contributed by atoms with van der Waals surface area (Å²) in [6.07, 6.45) is 1.49. The number of urea groups is 1. The summed E-state index contributed by atoms with van der Waals surface area (Å²) in [6.45, 7) is 3.96. The number of nitrogens with one attached hydrogen (secondary N) is 1. The fraction of sp³-hybridized carbons (Fsp3) is 0.333. The molecule has 126 valence electrons. The number of hydrogen-bond donors (Lipinski definition) is 2. The molecule has 0 saturated heterocycles. The molecule has 24 heavy (non-hydrogen) atoms. The molecule has 2 N–H and O–H groups in total. The van der Waals surface area contributed by atoms with Gasteiger partial charge in [0.2, 0.25) is 5.13 Å². The molecule has 1 aromatic heterocycles. The number of thioether (sulfide) groups is 1. The number of rotatable bonds is 4. The van der Waals surface area contributed by atoms with Gasteiger partial charge in [-0.1, -0.05) is 55.1 Å². The predicted octanol–water partition coefficient (Wildman–Crippen LogP) is 3.81. The highest BCUT2D eigenvalue weighted by Gasteiger charge is 2.34. The molecule has 7 nitrogen and oxygen atoms in total. The van der Waals surface area contributed by atoms with Crippen LogP contribution in [0.4, 0.5) is 9.93 Å². The van der Waals surface area contributed by atoms with Gasteiger partial charge in [0.15, 0.2) is 0 Å². The standard InChI is InChI=1S/C15H17N5O2S2/c1-3-11-17-18-14(24-11)16-15(22)20-13(23-12(4-2)19-20)9-7-5-6-8-10(9)21/h5-8,13,21H,3-4H2,1-2H3,(H,16,18,22). The van der Waals surface area contributed by atoms with Crippen molar-refractivity contribution in [2.75, 3.05) is 5.32 Å². The molecule has 2 amide bonds. The minimum atomic E-state index is -0.403. The van der Waals surface area contributed by atoms with Crippen molar-refractivity contribution in [3.05, 3.63) is 34.8 Å². The van der Waals surface area contributed by atoms with E-state index in [0.29, 0.717) is 10.7 Å². The highest BCUT2D eigenvalue weighted by Crippen LogP contribution is 2.43. The van der Waals surface area contributed by atoms with E-state index < -0.39 is 11.4 Å². The molecule has 0 spiro atoms. The van der Waals surface area contributed by atoms with Gasteiger partial charge >= 0.3 is 6.03 Å². The van der Waals surface area contributed by atoms with E-state index in [1.54, 1.807) is 18.2 Å². The molecule has 1 aliphatic heterocycles. The van der Waals surface area contributed by atoms with Crippen LogP contribution < -0.4 is 5.32 Å². The topological polar surface area (TPSA) is 90.7 Å². The molecule has 0 radical (unpaired) electrons. The van der Waals surface area contributed by atoms with E-state index in [0.717, 1.165) is 22.9 Å². The van der Waals surface area contributed by atoms with Gasteiger partial charge < -0.3 is 5.11 Å². The van der Waals surface area contributed by atoms with Crippen LogP contribution in [0, 0.1) is 0 Å². The third-order valence-electron chi connectivity index (χ3n) is 3.39. The van der Waals surface area contributed by atoms with E-state index in [4.69, 9.17) is 0 Å². The number of phenols is 1. The van der Waals surface area contributed by atoms with Crippen LogP contribution in [0.1, 0.15) is 36.2 Å². The molecule has 9 heteroatoms. The number of anilines is 1. The van der Waals surface area contributed by atoms with Crippen molar-refractivity contribution >= 4 is 39.3 Å². The molecule has 0 fully saturated rings. The summed E-state index contributed by atoms with van der Waals surface area (Å²) < 4.78 is 0. The van der Waals surface area contributed by atoms with Gasteiger partial charge in [-0.05, 0) is 18.9 Å². The molecule has 0 saturated carbocycles. The van der Waals surface area contributed by atoms with Crippen LogP contribution in [0.5, 0.6) is 5.75 Å². The van der Waals surface area contributed by atoms with Gasteiger partial charge in [0.1, 0.15) is 16.1 Å². The molecule has 1 aliphatic rings. The van der Waals surface area contributed by atoms with Gasteiger partial charge in [-0.25, -0.2) is 4.79 Å². The van der Waals surface area contributed by atoms with Crippen LogP contribution >= 0.6 is 23.1 Å². The maximum Gasteiger partial charge on any atom is 0.345 e. The predicted molar refractivity (Wildman–Crippen MR) is 96.3 cm³/mol. The van der Waals surface area contributed by atoms with Gasteiger partial charge in [0.25, 0.3) is 0 Å². The Bertz CT molecular complexity index is 777. The number of aryl methyl sites for hydroxylation is 1. The van der Waals surface area contributed by atoms with Gasteiger partial charge in [0, 0.05) is 5.56 Å². The number of aromatic hydroxyl groups is 1. The van der Waals surface area contributed by atoms with Crippen LogP contribution in [0.25, 0.3) is 0 Å². The van der Waals surface area contributed by atoms with Gasteiger partial charge in [-0.3, -0.25) is 5.32 Å². The van der Waals surface area contributed by atoms with Crippen molar-refractivity contribution in [3.63, 3.8) is 0 Å². The number of benzene rings is 1. The average Bonchev–Trinajstić information content (AvgIpc) is 3.21. The second-order valence-electron chi connectivity index (χ2n) is 5.01. The fourth-order valence-corrected chi connectivity index (χ4v) is 3.97. The number of phenolic OH excluding ortho intramolecular Hbond substituents is 1. The van der Waals surface area contributed by atoms with Gasteiger partial charge in [-0.2, -0.15) is 10.1 Å². The molecular weight excluding hydrogens is 346 g/mol. The zero-order valence-electron chi connectivity index (χ0n) is 13.3. The lowest BCUT2D eigenvalue weighted by atomic mass is 10.2. The second-order valence-corrected chi connectivity index (χ2v) is 7.22. The van der Waals surface area contributed by atoms with E-state index in [-0.39, 0.29) is 5.75 Å². The van der Waals surface area contributed by atoms with E-state index in [2.05, 4.69) is 20.6 Å². The first-order valence-electron chi connectivity index (χ1n) is 7.57. The first-order chi connectivity index (χ1) is 11.6. The fourth-order valence-electron chi connectivity index (χ4n) is 2.17. The van der Waals surface area contributed by atoms with E-state index in [1.807, 2.05) is 19.9 Å². The number of para-hydroxylation sites is 1. The van der Waals surface area contributed by atoms with E-state index >= 15 is 0 Å². The summed E-state index contributed by atoms with van der Waals surface area (Å²) in [5.41, 5.74) is 0.649. The maximum atomic E-state index is 12.6. The van der Waals surface area contributed by atoms with Crippen molar-refractivity contribution < 1.29 is 9.90 Å². The highest BCUT2D eigenvalue weighted by molar-refractivity contribution is 8.14. The van der Waals surface area contributed by atoms with Gasteiger partial charge in [-0.15, -0.1) is 10.2 Å². The van der Waals surface area contributed by atoms with E-state index in [1.165, 1.54) is 28.1 Å². The van der Waals surface area contributed by atoms with Crippen LogP contribution in [0.15, 0.2) is 29.4 Å². The number of aromatic nitrogens is 2. The molecule has 1 unspecified atom stereocenters. The maximum absolute atomic E-state index is 12.6. The second kappa shape index (κ2) is 7.18. The summed E-state index contributed by atoms with van der Waals surface area (Å²) in [4.78, 5) is 12.6. The van der Waals surface area contributed by atoms with Crippen molar-refractivity contribution in [2.45, 2.75) is 32.1 Å². The summed E-state index contributed by atoms with van der Waals surface area (Å²) >= 11 is 2.80. The van der Waals surface area contributed by atoms with Crippen molar-refractivity contribution in [1.82, 2.24) is 15.2 Å². The highest BCUT2D eigenvalue weighted by atomic mass is 32.2. The van der Waals surface area contributed by atoms with Crippen molar-refractivity contribution in [2.24, 2.45) is 5.10 Å². The van der Waals surface area contributed by atoms with Crippen LogP contribution in [0.2, 0.25) is 0 Å². The lowest BCUT2D eigenvalue weighted by Crippen LogP contribution is -2.30. The Kier molecular flexibility index (Phi) is 5.00. The Morgan fingerprint density at radius 1 is 1.29 bits per heavy atom. The van der Waals surface area contributed by atoms with Crippen LogP contribution in [-0.4, -0.2) is 31.4 Å². The minimum absolute atomic E-state index is 0.143. The normalized spacial score (nSPS) is 17.0. The molecule has 1 atom stereocenters. The zero-order chi connectivity index (χ0) is 17.1. The number of hydrazone groups is 1. The van der Waals surface area contributed by atoms with Crippen molar-refractivity contribution in [3.8, 4) is 5.75 Å². The summed E-state index contributed by atoms with van der Waals surface area (Å²) in [5, 5.41) is 28.3. The first-order valence-corrected chi connectivity index (χ1v) is 9.26. The Balaban J connectivity index is 1.83. The van der Waals surface area contributed by atoms with Crippen LogP contribution in [0.3, 0.4) is 0 Å². The molecule has 2 heterocycles. The Morgan fingerprint density at radius 3 is 2.75 bits per heavy atom. The van der Waals surface area contributed by atoms with Gasteiger partial charge in [0.05, 0.1) is 5.04 Å². The number of hydrogen-bond acceptors (Lipinski definition) is 7.